The van der Waals surface area contributed by atoms with Crippen LogP contribution in [0.25, 0.3) is 22.4 Å². The van der Waals surface area contributed by atoms with Crippen molar-refractivity contribution < 1.29 is 14.3 Å². The summed E-state index contributed by atoms with van der Waals surface area (Å²) in [4.78, 5) is 33.0. The van der Waals surface area contributed by atoms with Gasteiger partial charge in [-0.05, 0) is 56.7 Å². The number of anilines is 1. The monoisotopic (exact) mass is 449 g/mol. The molecule has 4 aromatic rings. The SMILES string of the molecule is Cc1cc([C@@H](C)Nc2ccc(Cl)nc2C(=O)O)c2oc(-c3ccccn3)c(C)c(=O)c2c1. The summed E-state index contributed by atoms with van der Waals surface area (Å²) < 4.78 is 6.25. The maximum Gasteiger partial charge on any atom is 0.356 e. The first-order valence-corrected chi connectivity index (χ1v) is 10.3. The number of hydrogen-bond donors (Lipinski definition) is 2. The molecule has 3 heterocycles. The number of aromatic nitrogens is 2. The lowest BCUT2D eigenvalue weighted by molar-refractivity contribution is 0.0691. The average Bonchev–Trinajstić information content (AvgIpc) is 2.77. The Morgan fingerprint density at radius 3 is 2.66 bits per heavy atom. The summed E-state index contributed by atoms with van der Waals surface area (Å²) in [5.41, 5.74) is 3.03. The number of benzene rings is 1. The lowest BCUT2D eigenvalue weighted by Crippen LogP contribution is -2.14. The second-order valence-electron chi connectivity index (χ2n) is 7.53. The fourth-order valence-corrected chi connectivity index (χ4v) is 3.80. The summed E-state index contributed by atoms with van der Waals surface area (Å²) in [5.74, 6) is -0.796. The van der Waals surface area contributed by atoms with Crippen molar-refractivity contribution in [1.82, 2.24) is 9.97 Å². The maximum atomic E-state index is 13.2. The lowest BCUT2D eigenvalue weighted by atomic mass is 9.99. The first kappa shape index (κ1) is 21.5. The van der Waals surface area contributed by atoms with Crippen LogP contribution in [0.3, 0.4) is 0 Å². The average molecular weight is 450 g/mol. The Morgan fingerprint density at radius 1 is 1.19 bits per heavy atom. The first-order chi connectivity index (χ1) is 15.3. The van der Waals surface area contributed by atoms with E-state index in [-0.39, 0.29) is 16.3 Å². The Bertz CT molecular complexity index is 1400. The van der Waals surface area contributed by atoms with Crippen LogP contribution in [0.15, 0.2) is 57.9 Å². The zero-order chi connectivity index (χ0) is 23.0. The first-order valence-electron chi connectivity index (χ1n) is 9.92. The second kappa shape index (κ2) is 8.43. The number of pyridine rings is 2. The Balaban J connectivity index is 1.88. The van der Waals surface area contributed by atoms with Crippen molar-refractivity contribution in [3.63, 3.8) is 0 Å². The Kier molecular flexibility index (Phi) is 5.67. The minimum Gasteiger partial charge on any atom is -0.476 e. The Morgan fingerprint density at radius 2 is 1.97 bits per heavy atom. The van der Waals surface area contributed by atoms with Crippen molar-refractivity contribution >= 4 is 34.2 Å². The quantitative estimate of drug-likeness (QED) is 0.393. The van der Waals surface area contributed by atoms with Gasteiger partial charge in [0.25, 0.3) is 0 Å². The third kappa shape index (κ3) is 3.94. The summed E-state index contributed by atoms with van der Waals surface area (Å²) in [6.07, 6.45) is 1.64. The van der Waals surface area contributed by atoms with Gasteiger partial charge in [0.15, 0.2) is 16.9 Å². The Labute approximate surface area is 188 Å². The molecule has 0 radical (unpaired) electrons. The van der Waals surface area contributed by atoms with E-state index in [1.54, 1.807) is 37.4 Å². The van der Waals surface area contributed by atoms with Gasteiger partial charge in [-0.1, -0.05) is 23.7 Å². The lowest BCUT2D eigenvalue weighted by Gasteiger charge is -2.19. The molecule has 8 heteroatoms. The van der Waals surface area contributed by atoms with E-state index in [2.05, 4.69) is 15.3 Å². The zero-order valence-electron chi connectivity index (χ0n) is 17.6. The standard InChI is InChI=1S/C24H20ClN3O4/c1-12-10-15(14(3)27-17-7-8-19(25)28-20(17)24(30)31)23-16(11-12)21(29)13(2)22(32-23)18-6-4-5-9-26-18/h4-11,14,27H,1-3H3,(H,30,31)/t14-/m1/s1. The smallest absolute Gasteiger partial charge is 0.356 e. The van der Waals surface area contributed by atoms with Crippen molar-refractivity contribution in [3.8, 4) is 11.5 Å². The van der Waals surface area contributed by atoms with E-state index in [0.717, 1.165) is 5.56 Å². The third-order valence-corrected chi connectivity index (χ3v) is 5.40. The summed E-state index contributed by atoms with van der Waals surface area (Å²) >= 11 is 5.86. The molecular weight excluding hydrogens is 430 g/mol. The normalized spacial score (nSPS) is 12.0. The highest BCUT2D eigenvalue weighted by atomic mass is 35.5. The van der Waals surface area contributed by atoms with Gasteiger partial charge in [0.2, 0.25) is 0 Å². The van der Waals surface area contributed by atoms with E-state index in [4.69, 9.17) is 16.0 Å². The molecule has 2 N–H and O–H groups in total. The van der Waals surface area contributed by atoms with E-state index in [9.17, 15) is 14.7 Å². The van der Waals surface area contributed by atoms with Crippen molar-refractivity contribution in [2.45, 2.75) is 26.8 Å². The number of carbonyl (C=O) groups is 1. The van der Waals surface area contributed by atoms with Crippen LogP contribution in [-0.2, 0) is 0 Å². The van der Waals surface area contributed by atoms with E-state index in [1.807, 2.05) is 26.0 Å². The molecule has 7 nitrogen and oxygen atoms in total. The third-order valence-electron chi connectivity index (χ3n) is 5.19. The van der Waals surface area contributed by atoms with Crippen LogP contribution < -0.4 is 10.7 Å². The molecule has 0 bridgehead atoms. The van der Waals surface area contributed by atoms with Gasteiger partial charge >= 0.3 is 5.97 Å². The molecule has 0 unspecified atom stereocenters. The number of carboxylic acid groups (broad SMARTS) is 1. The summed E-state index contributed by atoms with van der Waals surface area (Å²) in [6, 6.07) is 11.8. The number of fused-ring (bicyclic) bond motifs is 1. The number of rotatable bonds is 5. The molecule has 4 rings (SSSR count). The minimum absolute atomic E-state index is 0.0862. The number of nitrogens with one attached hydrogen (secondary N) is 1. The number of halogens is 1. The highest BCUT2D eigenvalue weighted by molar-refractivity contribution is 6.29. The minimum atomic E-state index is -1.20. The van der Waals surface area contributed by atoms with Crippen LogP contribution >= 0.6 is 11.6 Å². The molecule has 3 aromatic heterocycles. The largest absolute Gasteiger partial charge is 0.476 e. The molecule has 32 heavy (non-hydrogen) atoms. The van der Waals surface area contributed by atoms with Crippen LogP contribution in [0, 0.1) is 13.8 Å². The molecule has 0 saturated heterocycles. The molecule has 0 amide bonds. The van der Waals surface area contributed by atoms with Gasteiger partial charge in [-0.15, -0.1) is 0 Å². The number of nitrogens with zero attached hydrogens (tertiary/aromatic N) is 2. The van der Waals surface area contributed by atoms with Crippen LogP contribution in [-0.4, -0.2) is 21.0 Å². The van der Waals surface area contributed by atoms with E-state index in [1.165, 1.54) is 6.07 Å². The summed E-state index contributed by atoms with van der Waals surface area (Å²) in [7, 11) is 0. The summed E-state index contributed by atoms with van der Waals surface area (Å²) in [6.45, 7) is 5.47. The van der Waals surface area contributed by atoms with Gasteiger partial charge in [-0.2, -0.15) is 0 Å². The molecule has 1 aromatic carbocycles. The predicted molar refractivity (Wildman–Crippen MR) is 123 cm³/mol. The molecule has 0 aliphatic rings. The molecular formula is C24H20ClN3O4. The van der Waals surface area contributed by atoms with E-state index >= 15 is 0 Å². The molecule has 1 atom stereocenters. The van der Waals surface area contributed by atoms with Gasteiger partial charge in [0.05, 0.1) is 17.1 Å². The topological polar surface area (TPSA) is 105 Å². The number of hydrogen-bond acceptors (Lipinski definition) is 6. The van der Waals surface area contributed by atoms with Gasteiger partial charge < -0.3 is 14.8 Å². The highest BCUT2D eigenvalue weighted by Crippen LogP contribution is 2.32. The van der Waals surface area contributed by atoms with Crippen molar-refractivity contribution in [1.29, 1.82) is 0 Å². The molecule has 162 valence electrons. The number of aromatic carboxylic acids is 1. The fraction of sp³-hybridized carbons (Fsp3) is 0.167. The molecule has 0 saturated carbocycles. The molecule has 0 aliphatic carbocycles. The van der Waals surface area contributed by atoms with Crippen LogP contribution in [0.2, 0.25) is 5.15 Å². The molecule has 0 fully saturated rings. The maximum absolute atomic E-state index is 13.2. The molecule has 0 spiro atoms. The van der Waals surface area contributed by atoms with Crippen LogP contribution in [0.4, 0.5) is 5.69 Å². The fourth-order valence-electron chi connectivity index (χ4n) is 3.66. The number of carboxylic acids is 1. The predicted octanol–water partition coefficient (Wildman–Crippen LogP) is 5.39. The molecule has 0 aliphatic heterocycles. The van der Waals surface area contributed by atoms with E-state index < -0.39 is 12.0 Å². The van der Waals surface area contributed by atoms with Gasteiger partial charge in [0, 0.05) is 17.3 Å². The highest BCUT2D eigenvalue weighted by Gasteiger charge is 2.21. The zero-order valence-corrected chi connectivity index (χ0v) is 18.4. The van der Waals surface area contributed by atoms with E-state index in [0.29, 0.717) is 39.2 Å². The van der Waals surface area contributed by atoms with Crippen LogP contribution in [0.1, 0.15) is 40.1 Å². The van der Waals surface area contributed by atoms with Gasteiger partial charge in [0.1, 0.15) is 16.4 Å². The number of aryl methyl sites for hydroxylation is 1. The van der Waals surface area contributed by atoms with Crippen LogP contribution in [0.5, 0.6) is 0 Å². The van der Waals surface area contributed by atoms with Gasteiger partial charge in [-0.25, -0.2) is 9.78 Å². The summed E-state index contributed by atoms with van der Waals surface area (Å²) in [5, 5.41) is 13.2. The Hall–Kier alpha value is -3.71. The van der Waals surface area contributed by atoms with Crippen molar-refractivity contribution in [3.05, 3.63) is 86.4 Å². The van der Waals surface area contributed by atoms with Gasteiger partial charge in [-0.3, -0.25) is 9.78 Å². The van der Waals surface area contributed by atoms with Crippen molar-refractivity contribution in [2.75, 3.05) is 5.32 Å². The second-order valence-corrected chi connectivity index (χ2v) is 7.92. The van der Waals surface area contributed by atoms with Crippen molar-refractivity contribution in [2.24, 2.45) is 0 Å².